The van der Waals surface area contributed by atoms with Crippen LogP contribution >= 0.6 is 0 Å². The fraction of sp³-hybridized carbons (Fsp3) is 0.312. The summed E-state index contributed by atoms with van der Waals surface area (Å²) in [6.45, 7) is -0.324. The molecule has 0 saturated carbocycles. The lowest BCUT2D eigenvalue weighted by atomic mass is 10.0. The molecule has 0 fully saturated rings. The Balaban J connectivity index is 1.85. The van der Waals surface area contributed by atoms with Crippen molar-refractivity contribution in [2.45, 2.75) is 12.6 Å². The number of aromatic nitrogens is 1. The van der Waals surface area contributed by atoms with Crippen molar-refractivity contribution in [3.05, 3.63) is 52.5 Å². The molecule has 0 radical (unpaired) electrons. The third-order valence-electron chi connectivity index (χ3n) is 3.80. The van der Waals surface area contributed by atoms with Crippen LogP contribution in [0.15, 0.2) is 41.2 Å². The standard InChI is InChI=1S/C16H15F3N2O/c17-16(18,19)10-21-7-5-11(6-8-21)14-9-12-3-1-2-4-13(12)15(22)20-14/h1-5,9H,6-8,10H2,(H,20,22). The van der Waals surface area contributed by atoms with E-state index in [0.29, 0.717) is 24.0 Å². The van der Waals surface area contributed by atoms with Crippen LogP contribution in [0.1, 0.15) is 12.1 Å². The van der Waals surface area contributed by atoms with E-state index in [1.807, 2.05) is 18.2 Å². The van der Waals surface area contributed by atoms with E-state index >= 15 is 0 Å². The van der Waals surface area contributed by atoms with Crippen LogP contribution in [0.5, 0.6) is 0 Å². The van der Waals surface area contributed by atoms with Crippen LogP contribution < -0.4 is 5.56 Å². The van der Waals surface area contributed by atoms with Gasteiger partial charge in [-0.1, -0.05) is 24.3 Å². The summed E-state index contributed by atoms with van der Waals surface area (Å²) < 4.78 is 37.1. The maximum Gasteiger partial charge on any atom is 0.401 e. The Labute approximate surface area is 125 Å². The highest BCUT2D eigenvalue weighted by Crippen LogP contribution is 2.24. The molecule has 1 aliphatic rings. The van der Waals surface area contributed by atoms with E-state index < -0.39 is 12.7 Å². The highest BCUT2D eigenvalue weighted by molar-refractivity contribution is 5.84. The van der Waals surface area contributed by atoms with Gasteiger partial charge in [0.15, 0.2) is 0 Å². The number of nitrogens with one attached hydrogen (secondary N) is 1. The molecule has 2 aromatic rings. The summed E-state index contributed by atoms with van der Waals surface area (Å²) in [6, 6.07) is 9.13. The molecule has 1 N–H and O–H groups in total. The van der Waals surface area contributed by atoms with Gasteiger partial charge in [0, 0.05) is 24.2 Å². The lowest BCUT2D eigenvalue weighted by Gasteiger charge is -2.27. The molecule has 0 spiro atoms. The molecule has 0 amide bonds. The molecule has 0 saturated heterocycles. The molecule has 0 unspecified atom stereocenters. The minimum Gasteiger partial charge on any atom is -0.322 e. The first-order valence-corrected chi connectivity index (χ1v) is 7.03. The summed E-state index contributed by atoms with van der Waals surface area (Å²) in [5.74, 6) is 0. The Morgan fingerprint density at radius 2 is 2.00 bits per heavy atom. The van der Waals surface area contributed by atoms with Crippen LogP contribution in [-0.4, -0.2) is 35.7 Å². The number of fused-ring (bicyclic) bond motifs is 1. The summed E-state index contributed by atoms with van der Waals surface area (Å²) in [5, 5.41) is 1.45. The average molecular weight is 308 g/mol. The van der Waals surface area contributed by atoms with E-state index in [4.69, 9.17) is 0 Å². The van der Waals surface area contributed by atoms with Crippen LogP contribution in [0, 0.1) is 0 Å². The highest BCUT2D eigenvalue weighted by Gasteiger charge is 2.31. The molecular formula is C16H15F3N2O. The van der Waals surface area contributed by atoms with E-state index in [0.717, 1.165) is 11.0 Å². The average Bonchev–Trinajstić information content (AvgIpc) is 2.46. The molecule has 6 heteroatoms. The maximum absolute atomic E-state index is 12.4. The quantitative estimate of drug-likeness (QED) is 0.925. The highest BCUT2D eigenvalue weighted by atomic mass is 19.4. The molecule has 1 aromatic heterocycles. The van der Waals surface area contributed by atoms with E-state index in [2.05, 4.69) is 4.98 Å². The number of aromatic amines is 1. The molecule has 116 valence electrons. The van der Waals surface area contributed by atoms with Gasteiger partial charge in [-0.25, -0.2) is 0 Å². The fourth-order valence-electron chi connectivity index (χ4n) is 2.74. The smallest absolute Gasteiger partial charge is 0.322 e. The lowest BCUT2D eigenvalue weighted by molar-refractivity contribution is -0.144. The van der Waals surface area contributed by atoms with Crippen molar-refractivity contribution < 1.29 is 13.2 Å². The summed E-state index contributed by atoms with van der Waals surface area (Å²) >= 11 is 0. The number of hydrogen-bond donors (Lipinski definition) is 1. The SMILES string of the molecule is O=c1[nH]c(C2=CCN(CC(F)(F)F)CC2)cc2ccccc12. The Kier molecular flexibility index (Phi) is 3.78. The number of halogens is 3. The third-order valence-corrected chi connectivity index (χ3v) is 3.80. The van der Waals surface area contributed by atoms with Crippen molar-refractivity contribution in [3.8, 4) is 0 Å². The second kappa shape index (κ2) is 5.61. The van der Waals surface area contributed by atoms with Crippen LogP contribution in [0.4, 0.5) is 13.2 Å². The molecule has 22 heavy (non-hydrogen) atoms. The number of alkyl halides is 3. The molecular weight excluding hydrogens is 293 g/mol. The number of rotatable bonds is 2. The monoisotopic (exact) mass is 308 g/mol. The minimum absolute atomic E-state index is 0.174. The van der Waals surface area contributed by atoms with E-state index in [1.165, 1.54) is 4.90 Å². The van der Waals surface area contributed by atoms with E-state index in [1.54, 1.807) is 18.2 Å². The van der Waals surface area contributed by atoms with Gasteiger partial charge in [0.2, 0.25) is 0 Å². The molecule has 3 nitrogen and oxygen atoms in total. The summed E-state index contributed by atoms with van der Waals surface area (Å²) in [7, 11) is 0. The molecule has 1 aliphatic heterocycles. The van der Waals surface area contributed by atoms with Gasteiger partial charge in [-0.2, -0.15) is 13.2 Å². The number of benzene rings is 1. The third kappa shape index (κ3) is 3.22. The van der Waals surface area contributed by atoms with Gasteiger partial charge in [0.1, 0.15) is 0 Å². The van der Waals surface area contributed by atoms with Crippen molar-refractivity contribution in [1.29, 1.82) is 0 Å². The topological polar surface area (TPSA) is 36.1 Å². The zero-order valence-corrected chi connectivity index (χ0v) is 11.8. The molecule has 3 rings (SSSR count). The fourth-order valence-corrected chi connectivity index (χ4v) is 2.74. The van der Waals surface area contributed by atoms with Crippen LogP contribution in [0.2, 0.25) is 0 Å². The Bertz CT molecular complexity index is 777. The minimum atomic E-state index is -4.18. The zero-order chi connectivity index (χ0) is 15.7. The van der Waals surface area contributed by atoms with Crippen LogP contribution in [0.25, 0.3) is 16.3 Å². The Hall–Kier alpha value is -2.08. The van der Waals surface area contributed by atoms with E-state index in [-0.39, 0.29) is 12.1 Å². The van der Waals surface area contributed by atoms with Gasteiger partial charge in [-0.05, 0) is 29.5 Å². The Morgan fingerprint density at radius 3 is 2.68 bits per heavy atom. The number of pyridine rings is 1. The van der Waals surface area contributed by atoms with Crippen molar-refractivity contribution in [2.75, 3.05) is 19.6 Å². The largest absolute Gasteiger partial charge is 0.401 e. The summed E-state index contributed by atoms with van der Waals surface area (Å²) in [5.41, 5.74) is 1.41. The van der Waals surface area contributed by atoms with Gasteiger partial charge in [-0.15, -0.1) is 0 Å². The van der Waals surface area contributed by atoms with E-state index in [9.17, 15) is 18.0 Å². The van der Waals surface area contributed by atoms with Crippen molar-refractivity contribution in [3.63, 3.8) is 0 Å². The molecule has 1 aromatic carbocycles. The van der Waals surface area contributed by atoms with Crippen molar-refractivity contribution >= 4 is 16.3 Å². The Morgan fingerprint density at radius 1 is 1.23 bits per heavy atom. The van der Waals surface area contributed by atoms with Gasteiger partial charge in [0.05, 0.1) is 6.54 Å². The van der Waals surface area contributed by atoms with Crippen LogP contribution in [0.3, 0.4) is 0 Å². The molecule has 0 bridgehead atoms. The number of H-pyrrole nitrogens is 1. The number of hydrogen-bond acceptors (Lipinski definition) is 2. The molecule has 0 aliphatic carbocycles. The van der Waals surface area contributed by atoms with Gasteiger partial charge in [-0.3, -0.25) is 9.69 Å². The second-order valence-corrected chi connectivity index (χ2v) is 5.43. The van der Waals surface area contributed by atoms with Gasteiger partial charge >= 0.3 is 6.18 Å². The lowest BCUT2D eigenvalue weighted by Crippen LogP contribution is -2.37. The summed E-state index contributed by atoms with van der Waals surface area (Å²) in [4.78, 5) is 16.2. The van der Waals surface area contributed by atoms with Gasteiger partial charge < -0.3 is 4.98 Å². The predicted molar refractivity (Wildman–Crippen MR) is 79.7 cm³/mol. The van der Waals surface area contributed by atoms with Gasteiger partial charge in [0.25, 0.3) is 5.56 Å². The van der Waals surface area contributed by atoms with Crippen molar-refractivity contribution in [2.24, 2.45) is 0 Å². The molecule has 2 heterocycles. The first-order valence-electron chi connectivity index (χ1n) is 7.03. The summed E-state index contributed by atoms with van der Waals surface area (Å²) in [6.07, 6.45) is -1.93. The van der Waals surface area contributed by atoms with Crippen LogP contribution in [-0.2, 0) is 0 Å². The second-order valence-electron chi connectivity index (χ2n) is 5.43. The maximum atomic E-state index is 12.4. The molecule has 0 atom stereocenters. The predicted octanol–water partition coefficient (Wildman–Crippen LogP) is 3.18. The zero-order valence-electron chi connectivity index (χ0n) is 11.8. The first-order chi connectivity index (χ1) is 10.4. The first kappa shape index (κ1) is 14.8. The normalized spacial score (nSPS) is 16.8. The number of nitrogens with zero attached hydrogens (tertiary/aromatic N) is 1. The van der Waals surface area contributed by atoms with Crippen molar-refractivity contribution in [1.82, 2.24) is 9.88 Å².